The zero-order valence-corrected chi connectivity index (χ0v) is 26.3. The van der Waals surface area contributed by atoms with E-state index in [0.29, 0.717) is 17.7 Å². The highest BCUT2D eigenvalue weighted by molar-refractivity contribution is 8.04. The summed E-state index contributed by atoms with van der Waals surface area (Å²) in [5.74, 6) is -0.522. The highest BCUT2D eigenvalue weighted by Crippen LogP contribution is 2.46. The number of aliphatic hydroxyl groups is 1. The maximum Gasteiger partial charge on any atom is 0.349 e. The molecule has 2 heterocycles. The van der Waals surface area contributed by atoms with Crippen molar-refractivity contribution in [2.75, 3.05) is 4.72 Å². The van der Waals surface area contributed by atoms with Crippen molar-refractivity contribution in [1.29, 1.82) is 0 Å². The molecule has 4 rings (SSSR count). The van der Waals surface area contributed by atoms with Gasteiger partial charge in [0, 0.05) is 24.6 Å². The molecule has 0 radical (unpaired) electrons. The first-order valence-electron chi connectivity index (χ1n) is 13.6. The Hall–Kier alpha value is -3.24. The van der Waals surface area contributed by atoms with Crippen LogP contribution in [-0.4, -0.2) is 34.6 Å². The molecule has 0 spiro atoms. The number of carbonyl (C=O) groups excluding carboxylic acids is 1. The predicted octanol–water partition coefficient (Wildman–Crippen LogP) is 6.66. The summed E-state index contributed by atoms with van der Waals surface area (Å²) in [7, 11) is -2.19. The van der Waals surface area contributed by atoms with E-state index in [2.05, 4.69) is 9.71 Å². The van der Waals surface area contributed by atoms with Crippen LogP contribution < -0.4 is 4.72 Å². The number of rotatable bonds is 9. The Morgan fingerprint density at radius 3 is 2.44 bits per heavy atom. The van der Waals surface area contributed by atoms with Crippen LogP contribution in [0.2, 0.25) is 0 Å². The third kappa shape index (κ3) is 6.81. The Bertz CT molecular complexity index is 1570. The molecule has 1 aliphatic heterocycles. The van der Waals surface area contributed by atoms with Crippen molar-refractivity contribution >= 4 is 33.4 Å². The number of thioether (sulfide) groups is 1. The summed E-state index contributed by atoms with van der Waals surface area (Å²) in [5.41, 5.74) is 1.86. The van der Waals surface area contributed by atoms with Crippen LogP contribution in [0, 0.1) is 12.8 Å². The standard InChI is InChI=1S/C31H39N3O5S2/c1-20(2)31(14-13-22-11-9-8-10-12-22)17-25(35)28(29(36)39-31)40-26-15-21(3)24(16-23(26)30(4,5)6)33-41(37,38)27-18-34(7)19-32-27/h8-12,15-16,18-20,33,35H,13-14,17H2,1-7H3. The number of aromatic nitrogens is 2. The van der Waals surface area contributed by atoms with E-state index in [4.69, 9.17) is 4.74 Å². The molecule has 1 unspecified atom stereocenters. The number of sulfonamides is 1. The van der Waals surface area contributed by atoms with Gasteiger partial charge in [0.25, 0.3) is 10.0 Å². The van der Waals surface area contributed by atoms with Crippen molar-refractivity contribution in [3.8, 4) is 0 Å². The number of carbonyl (C=O) groups is 1. The molecule has 0 amide bonds. The number of nitrogens with zero attached hydrogens (tertiary/aromatic N) is 2. The second-order valence-electron chi connectivity index (χ2n) is 12.0. The van der Waals surface area contributed by atoms with Gasteiger partial charge < -0.3 is 14.4 Å². The largest absolute Gasteiger partial charge is 0.511 e. The number of esters is 1. The predicted molar refractivity (Wildman–Crippen MR) is 162 cm³/mol. The Balaban J connectivity index is 1.64. The molecule has 3 aromatic rings. The Morgan fingerprint density at radius 1 is 1.20 bits per heavy atom. The molecule has 1 aromatic heterocycles. The summed E-state index contributed by atoms with van der Waals surface area (Å²) in [6, 6.07) is 13.7. The number of nitrogens with one attached hydrogen (secondary N) is 1. The van der Waals surface area contributed by atoms with Crippen LogP contribution >= 0.6 is 11.8 Å². The van der Waals surface area contributed by atoms with Crippen molar-refractivity contribution in [2.45, 2.75) is 81.7 Å². The first-order valence-corrected chi connectivity index (χ1v) is 15.9. The number of hydrogen-bond donors (Lipinski definition) is 2. The molecule has 0 fully saturated rings. The second kappa shape index (κ2) is 11.6. The minimum absolute atomic E-state index is 0.00246. The molecule has 41 heavy (non-hydrogen) atoms. The Kier molecular flexibility index (Phi) is 8.66. The van der Waals surface area contributed by atoms with Gasteiger partial charge in [0.05, 0.1) is 12.0 Å². The molecule has 0 aliphatic carbocycles. The zero-order chi connectivity index (χ0) is 30.2. The number of aliphatic hydroxyl groups excluding tert-OH is 1. The van der Waals surface area contributed by atoms with Crippen LogP contribution in [0.4, 0.5) is 5.69 Å². The summed E-state index contributed by atoms with van der Waals surface area (Å²) < 4.78 is 36.3. The summed E-state index contributed by atoms with van der Waals surface area (Å²) in [6.07, 6.45) is 4.43. The molecule has 10 heteroatoms. The van der Waals surface area contributed by atoms with Crippen molar-refractivity contribution in [2.24, 2.45) is 13.0 Å². The van der Waals surface area contributed by atoms with Gasteiger partial charge in [-0.1, -0.05) is 76.7 Å². The van der Waals surface area contributed by atoms with Crippen molar-refractivity contribution < 1.29 is 23.1 Å². The number of hydrogen-bond acceptors (Lipinski definition) is 7. The van der Waals surface area contributed by atoms with Gasteiger partial charge in [-0.25, -0.2) is 9.78 Å². The smallest absolute Gasteiger partial charge is 0.349 e. The molecule has 0 saturated heterocycles. The molecule has 0 saturated carbocycles. The molecular formula is C31H39N3O5S2. The van der Waals surface area contributed by atoms with Crippen LogP contribution in [0.5, 0.6) is 0 Å². The fourth-order valence-corrected chi connectivity index (χ4v) is 7.25. The van der Waals surface area contributed by atoms with Crippen LogP contribution in [0.15, 0.2) is 75.6 Å². The third-order valence-corrected chi connectivity index (χ3v) is 9.90. The molecule has 2 N–H and O–H groups in total. The normalized spacial score (nSPS) is 18.1. The lowest BCUT2D eigenvalue weighted by atomic mass is 9.80. The summed E-state index contributed by atoms with van der Waals surface area (Å²) in [5, 5.41) is 11.2. The maximum atomic E-state index is 13.4. The Labute approximate surface area is 247 Å². The van der Waals surface area contributed by atoms with Gasteiger partial charge >= 0.3 is 5.97 Å². The van der Waals surface area contributed by atoms with E-state index in [1.807, 2.05) is 71.0 Å². The number of imidazole rings is 1. The third-order valence-electron chi connectivity index (χ3n) is 7.49. The van der Waals surface area contributed by atoms with Gasteiger partial charge in [-0.2, -0.15) is 8.42 Å². The SMILES string of the molecule is Cc1cc(SC2=C(O)CC(CCc3ccccc3)(C(C)C)OC2=O)c(C(C)(C)C)cc1NS(=O)(=O)c1cn(C)cn1. The van der Waals surface area contributed by atoms with E-state index < -0.39 is 27.0 Å². The van der Waals surface area contributed by atoms with E-state index in [9.17, 15) is 18.3 Å². The van der Waals surface area contributed by atoms with Gasteiger partial charge in [-0.15, -0.1) is 0 Å². The molecule has 2 aromatic carbocycles. The maximum absolute atomic E-state index is 13.4. The molecule has 0 bridgehead atoms. The minimum Gasteiger partial charge on any atom is -0.511 e. The number of ether oxygens (including phenoxy) is 1. The number of benzene rings is 2. The molecule has 8 nitrogen and oxygen atoms in total. The Morgan fingerprint density at radius 2 is 1.88 bits per heavy atom. The van der Waals surface area contributed by atoms with E-state index in [-0.39, 0.29) is 28.0 Å². The zero-order valence-electron chi connectivity index (χ0n) is 24.7. The highest BCUT2D eigenvalue weighted by Gasteiger charge is 2.44. The average molecular weight is 598 g/mol. The molecule has 1 atom stereocenters. The highest BCUT2D eigenvalue weighted by atomic mass is 32.2. The van der Waals surface area contributed by atoms with Crippen molar-refractivity contribution in [3.63, 3.8) is 0 Å². The van der Waals surface area contributed by atoms with Crippen LogP contribution in [-0.2, 0) is 38.4 Å². The van der Waals surface area contributed by atoms with Crippen LogP contribution in [0.25, 0.3) is 0 Å². The first-order chi connectivity index (χ1) is 19.1. The second-order valence-corrected chi connectivity index (χ2v) is 14.7. The van der Waals surface area contributed by atoms with Crippen molar-refractivity contribution in [3.05, 3.63) is 82.3 Å². The monoisotopic (exact) mass is 597 g/mol. The lowest BCUT2D eigenvalue weighted by Gasteiger charge is -2.40. The van der Waals surface area contributed by atoms with Gasteiger partial charge in [0.15, 0.2) is 5.03 Å². The first kappa shape index (κ1) is 30.7. The van der Waals surface area contributed by atoms with E-state index in [1.165, 1.54) is 12.5 Å². The minimum atomic E-state index is -3.89. The fourth-order valence-electron chi connectivity index (χ4n) is 4.90. The quantitative estimate of drug-likeness (QED) is 0.265. The molecular weight excluding hydrogens is 558 g/mol. The number of aryl methyl sites for hydroxylation is 3. The van der Waals surface area contributed by atoms with Gasteiger partial charge in [0.1, 0.15) is 16.3 Å². The van der Waals surface area contributed by atoms with Gasteiger partial charge in [0.2, 0.25) is 0 Å². The molecule has 1 aliphatic rings. The number of anilines is 1. The van der Waals surface area contributed by atoms with Crippen LogP contribution in [0.3, 0.4) is 0 Å². The number of cyclic esters (lactones) is 1. The summed E-state index contributed by atoms with van der Waals surface area (Å²) >= 11 is 1.16. The van der Waals surface area contributed by atoms with Crippen molar-refractivity contribution in [1.82, 2.24) is 9.55 Å². The van der Waals surface area contributed by atoms with Gasteiger partial charge in [-0.05, 0) is 59.9 Å². The van der Waals surface area contributed by atoms with Crippen LogP contribution in [0.1, 0.15) is 64.2 Å². The summed E-state index contributed by atoms with van der Waals surface area (Å²) in [6.45, 7) is 11.9. The molecule has 220 valence electrons. The average Bonchev–Trinajstić information content (AvgIpc) is 3.33. The van der Waals surface area contributed by atoms with Gasteiger partial charge in [-0.3, -0.25) is 4.72 Å². The lowest BCUT2D eigenvalue weighted by Crippen LogP contribution is -2.44. The topological polar surface area (TPSA) is 111 Å². The lowest BCUT2D eigenvalue weighted by molar-refractivity contribution is -0.164. The fraction of sp³-hybridized carbons (Fsp3) is 0.419. The van der Waals surface area contributed by atoms with E-state index in [0.717, 1.165) is 34.2 Å². The van der Waals surface area contributed by atoms with E-state index >= 15 is 0 Å². The summed E-state index contributed by atoms with van der Waals surface area (Å²) in [4.78, 5) is 18.3. The van der Waals surface area contributed by atoms with E-state index in [1.54, 1.807) is 24.6 Å².